The summed E-state index contributed by atoms with van der Waals surface area (Å²) in [5.41, 5.74) is 4.30. The Kier molecular flexibility index (Phi) is 7.30. The maximum atomic E-state index is 13.2. The number of fused-ring (bicyclic) bond motifs is 1. The molecular formula is C27H31N3O4. The molecule has 1 aliphatic rings. The molecule has 1 unspecified atom stereocenters. The molecule has 0 saturated carbocycles. The lowest BCUT2D eigenvalue weighted by Gasteiger charge is -2.25. The normalized spacial score (nSPS) is 14.7. The van der Waals surface area contributed by atoms with Crippen molar-refractivity contribution in [1.29, 1.82) is 0 Å². The third kappa shape index (κ3) is 5.14. The van der Waals surface area contributed by atoms with Crippen molar-refractivity contribution in [3.05, 3.63) is 65.5 Å². The first-order chi connectivity index (χ1) is 16.5. The van der Waals surface area contributed by atoms with E-state index in [0.717, 1.165) is 47.4 Å². The van der Waals surface area contributed by atoms with Gasteiger partial charge in [-0.1, -0.05) is 25.5 Å². The third-order valence-corrected chi connectivity index (χ3v) is 6.35. The van der Waals surface area contributed by atoms with Crippen LogP contribution in [0.4, 0.5) is 0 Å². The molecule has 178 valence electrons. The SMILES string of the molecule is CCCCN(C)C(=O)c1ccc2c(c1)CC(C(=O)Cc1ccc(-c3cn[nH]c3)cc1OC)CO2. The van der Waals surface area contributed by atoms with Crippen molar-refractivity contribution in [2.24, 2.45) is 5.92 Å². The van der Waals surface area contributed by atoms with Crippen LogP contribution in [-0.2, 0) is 17.6 Å². The van der Waals surface area contributed by atoms with Crippen molar-refractivity contribution in [3.63, 3.8) is 0 Å². The predicted molar refractivity (Wildman–Crippen MR) is 130 cm³/mol. The number of nitrogens with one attached hydrogen (secondary N) is 1. The van der Waals surface area contributed by atoms with Crippen LogP contribution >= 0.6 is 0 Å². The number of methoxy groups -OCH3 is 1. The molecule has 1 atom stereocenters. The van der Waals surface area contributed by atoms with Crippen LogP contribution < -0.4 is 9.47 Å². The number of rotatable bonds is 9. The zero-order valence-corrected chi connectivity index (χ0v) is 20.0. The van der Waals surface area contributed by atoms with Gasteiger partial charge in [0, 0.05) is 42.9 Å². The van der Waals surface area contributed by atoms with E-state index in [-0.39, 0.29) is 24.0 Å². The summed E-state index contributed by atoms with van der Waals surface area (Å²) in [6.45, 7) is 3.17. The molecule has 0 saturated heterocycles. The molecule has 7 heteroatoms. The predicted octanol–water partition coefficient (Wildman–Crippen LogP) is 4.32. The van der Waals surface area contributed by atoms with Crippen LogP contribution in [-0.4, -0.2) is 54.1 Å². The Bertz CT molecular complexity index is 1160. The number of amides is 1. The smallest absolute Gasteiger partial charge is 0.253 e. The summed E-state index contributed by atoms with van der Waals surface area (Å²) in [6.07, 6.45) is 6.39. The van der Waals surface area contributed by atoms with Gasteiger partial charge in [0.2, 0.25) is 0 Å². The fourth-order valence-corrected chi connectivity index (χ4v) is 4.26. The Labute approximate surface area is 200 Å². The van der Waals surface area contributed by atoms with E-state index in [1.807, 2.05) is 43.6 Å². The van der Waals surface area contributed by atoms with Crippen LogP contribution in [0.25, 0.3) is 11.1 Å². The number of unbranched alkanes of at least 4 members (excludes halogenated alkanes) is 1. The van der Waals surface area contributed by atoms with Gasteiger partial charge in [-0.05, 0) is 48.2 Å². The van der Waals surface area contributed by atoms with E-state index in [4.69, 9.17) is 9.47 Å². The van der Waals surface area contributed by atoms with Crippen LogP contribution in [0.5, 0.6) is 11.5 Å². The molecule has 0 aliphatic carbocycles. The van der Waals surface area contributed by atoms with Gasteiger partial charge in [-0.2, -0.15) is 5.10 Å². The maximum Gasteiger partial charge on any atom is 0.253 e. The molecule has 1 amide bonds. The topological polar surface area (TPSA) is 84.5 Å². The number of nitrogens with zero attached hydrogens (tertiary/aromatic N) is 2. The molecule has 0 spiro atoms. The summed E-state index contributed by atoms with van der Waals surface area (Å²) >= 11 is 0. The number of carbonyl (C=O) groups excluding carboxylic acids is 2. The third-order valence-electron chi connectivity index (χ3n) is 6.35. The summed E-state index contributed by atoms with van der Waals surface area (Å²) in [7, 11) is 3.43. The highest BCUT2D eigenvalue weighted by Gasteiger charge is 2.27. The van der Waals surface area contributed by atoms with Gasteiger partial charge in [0.15, 0.2) is 0 Å². The molecular weight excluding hydrogens is 430 g/mol. The second-order valence-electron chi connectivity index (χ2n) is 8.77. The van der Waals surface area contributed by atoms with Crippen LogP contribution in [0.3, 0.4) is 0 Å². The number of Topliss-reactive ketones (excluding diaryl/α,β-unsaturated/α-hetero) is 1. The van der Waals surface area contributed by atoms with E-state index < -0.39 is 0 Å². The fraction of sp³-hybridized carbons (Fsp3) is 0.370. The van der Waals surface area contributed by atoms with Crippen molar-refractivity contribution in [3.8, 4) is 22.6 Å². The van der Waals surface area contributed by atoms with Crippen molar-refractivity contribution in [2.75, 3.05) is 27.3 Å². The lowest BCUT2D eigenvalue weighted by Crippen LogP contribution is -2.30. The van der Waals surface area contributed by atoms with Gasteiger partial charge in [0.1, 0.15) is 17.3 Å². The summed E-state index contributed by atoms with van der Waals surface area (Å²) < 4.78 is 11.5. The first kappa shape index (κ1) is 23.5. The molecule has 4 rings (SSSR count). The highest BCUT2D eigenvalue weighted by molar-refractivity contribution is 5.94. The van der Waals surface area contributed by atoms with Gasteiger partial charge >= 0.3 is 0 Å². The first-order valence-electron chi connectivity index (χ1n) is 11.7. The minimum absolute atomic E-state index is 0.00727. The Morgan fingerprint density at radius 2 is 2.06 bits per heavy atom. The molecule has 2 aromatic carbocycles. The number of ether oxygens (including phenoxy) is 2. The molecule has 0 radical (unpaired) electrons. The summed E-state index contributed by atoms with van der Waals surface area (Å²) in [5, 5.41) is 6.79. The van der Waals surface area contributed by atoms with Gasteiger partial charge in [-0.25, -0.2) is 0 Å². The van der Waals surface area contributed by atoms with Crippen molar-refractivity contribution in [2.45, 2.75) is 32.6 Å². The molecule has 1 aromatic heterocycles. The standard InChI is InChI=1S/C27H31N3O4/c1-4-5-10-30(2)27(32)20-8-9-25-21(11-20)12-22(17-34-25)24(31)13-19-7-6-18(14-26(19)33-3)23-15-28-29-16-23/h6-9,11,14-16,22H,4-5,10,12-13,17H2,1-3H3,(H,28,29). The minimum Gasteiger partial charge on any atom is -0.496 e. The van der Waals surface area contributed by atoms with E-state index in [0.29, 0.717) is 24.3 Å². The number of benzene rings is 2. The van der Waals surface area contributed by atoms with Gasteiger partial charge < -0.3 is 14.4 Å². The Morgan fingerprint density at radius 1 is 1.21 bits per heavy atom. The molecule has 2 heterocycles. The van der Waals surface area contributed by atoms with Crippen LogP contribution in [0.1, 0.15) is 41.3 Å². The van der Waals surface area contributed by atoms with E-state index in [1.165, 1.54) is 0 Å². The van der Waals surface area contributed by atoms with E-state index in [1.54, 1.807) is 24.3 Å². The Balaban J connectivity index is 1.46. The molecule has 0 fully saturated rings. The van der Waals surface area contributed by atoms with E-state index in [2.05, 4.69) is 17.1 Å². The van der Waals surface area contributed by atoms with Crippen LogP contribution in [0, 0.1) is 5.92 Å². The molecule has 1 N–H and O–H groups in total. The van der Waals surface area contributed by atoms with Crippen LogP contribution in [0.15, 0.2) is 48.8 Å². The van der Waals surface area contributed by atoms with Crippen molar-refractivity contribution in [1.82, 2.24) is 15.1 Å². The number of aromatic amines is 1. The fourth-order valence-electron chi connectivity index (χ4n) is 4.26. The quantitative estimate of drug-likeness (QED) is 0.513. The van der Waals surface area contributed by atoms with E-state index in [9.17, 15) is 9.59 Å². The number of ketones is 1. The average Bonchev–Trinajstić information content (AvgIpc) is 3.41. The molecule has 1 aliphatic heterocycles. The van der Waals surface area contributed by atoms with Crippen molar-refractivity contribution >= 4 is 11.7 Å². The largest absolute Gasteiger partial charge is 0.496 e. The number of H-pyrrole nitrogens is 1. The second-order valence-corrected chi connectivity index (χ2v) is 8.77. The Hall–Kier alpha value is -3.61. The van der Waals surface area contributed by atoms with Crippen molar-refractivity contribution < 1.29 is 19.1 Å². The Morgan fingerprint density at radius 3 is 2.79 bits per heavy atom. The number of hydrogen-bond donors (Lipinski definition) is 1. The van der Waals surface area contributed by atoms with E-state index >= 15 is 0 Å². The number of hydrogen-bond acceptors (Lipinski definition) is 5. The highest BCUT2D eigenvalue weighted by Crippen LogP contribution is 2.31. The van der Waals surface area contributed by atoms with Crippen LogP contribution in [0.2, 0.25) is 0 Å². The molecule has 34 heavy (non-hydrogen) atoms. The minimum atomic E-state index is -0.270. The monoisotopic (exact) mass is 461 g/mol. The molecule has 3 aromatic rings. The lowest BCUT2D eigenvalue weighted by molar-refractivity contribution is -0.123. The van der Waals surface area contributed by atoms with Gasteiger partial charge in [0.25, 0.3) is 5.91 Å². The van der Waals surface area contributed by atoms with Gasteiger partial charge in [0.05, 0.1) is 25.8 Å². The average molecular weight is 462 g/mol. The number of carbonyl (C=O) groups is 2. The summed E-state index contributed by atoms with van der Waals surface area (Å²) in [5.74, 6) is 1.24. The van der Waals surface area contributed by atoms with Gasteiger partial charge in [-0.3, -0.25) is 14.7 Å². The lowest BCUT2D eigenvalue weighted by atomic mass is 9.89. The number of aromatic nitrogens is 2. The summed E-state index contributed by atoms with van der Waals surface area (Å²) in [6, 6.07) is 11.3. The molecule has 0 bridgehead atoms. The molecule has 7 nitrogen and oxygen atoms in total. The zero-order chi connectivity index (χ0) is 24.1. The second kappa shape index (κ2) is 10.5. The summed E-state index contributed by atoms with van der Waals surface area (Å²) in [4.78, 5) is 27.7. The van der Waals surface area contributed by atoms with Gasteiger partial charge in [-0.15, -0.1) is 0 Å². The highest BCUT2D eigenvalue weighted by atomic mass is 16.5. The maximum absolute atomic E-state index is 13.2. The zero-order valence-electron chi connectivity index (χ0n) is 20.0. The first-order valence-corrected chi connectivity index (χ1v) is 11.7.